The summed E-state index contributed by atoms with van der Waals surface area (Å²) in [5.41, 5.74) is 1.52. The summed E-state index contributed by atoms with van der Waals surface area (Å²) in [6.45, 7) is 0. The van der Waals surface area contributed by atoms with Gasteiger partial charge in [-0.3, -0.25) is 19.0 Å². The predicted molar refractivity (Wildman–Crippen MR) is 114 cm³/mol. The average Bonchev–Trinajstić information content (AvgIpc) is 3.21. The van der Waals surface area contributed by atoms with Gasteiger partial charge in [0.2, 0.25) is 0 Å². The lowest BCUT2D eigenvalue weighted by molar-refractivity contribution is 0.102. The number of carbonyl (C=O) groups is 1. The van der Waals surface area contributed by atoms with Gasteiger partial charge in [0.25, 0.3) is 15.9 Å². The molecule has 31 heavy (non-hydrogen) atoms. The Hall–Kier alpha value is -4.18. The maximum Gasteiger partial charge on any atom is 0.439 e. The molecule has 0 radical (unpaired) electrons. The van der Waals surface area contributed by atoms with Crippen molar-refractivity contribution < 1.29 is 17.7 Å². The van der Waals surface area contributed by atoms with E-state index in [-0.39, 0.29) is 22.0 Å². The second-order valence-electron chi connectivity index (χ2n) is 6.48. The van der Waals surface area contributed by atoms with Crippen LogP contribution < -0.4 is 15.8 Å². The Labute approximate surface area is 176 Å². The van der Waals surface area contributed by atoms with Gasteiger partial charge in [0, 0.05) is 22.5 Å². The quantitative estimate of drug-likeness (QED) is 0.425. The van der Waals surface area contributed by atoms with Crippen LogP contribution in [0.25, 0.3) is 11.4 Å². The molecular weight excluding hydrogens is 420 g/mol. The van der Waals surface area contributed by atoms with E-state index in [9.17, 15) is 18.0 Å². The first-order valence-electron chi connectivity index (χ1n) is 9.06. The van der Waals surface area contributed by atoms with Gasteiger partial charge in [-0.2, -0.15) is 0 Å². The van der Waals surface area contributed by atoms with Gasteiger partial charge in [-0.25, -0.2) is 13.2 Å². The number of carbonyl (C=O) groups excluding carboxylic acids is 1. The molecule has 9 nitrogen and oxygen atoms in total. The van der Waals surface area contributed by atoms with Crippen LogP contribution in [0.4, 0.5) is 11.4 Å². The third kappa shape index (κ3) is 4.70. The van der Waals surface area contributed by atoms with Crippen LogP contribution in [0.1, 0.15) is 10.4 Å². The smallest absolute Gasteiger partial charge is 0.322 e. The van der Waals surface area contributed by atoms with Gasteiger partial charge in [-0.1, -0.05) is 41.6 Å². The van der Waals surface area contributed by atoms with Crippen LogP contribution in [0.15, 0.2) is 93.1 Å². The number of H-pyrrole nitrogens is 1. The van der Waals surface area contributed by atoms with Crippen LogP contribution in [0.5, 0.6) is 0 Å². The van der Waals surface area contributed by atoms with Gasteiger partial charge in [0.05, 0.1) is 4.90 Å². The van der Waals surface area contributed by atoms with E-state index in [0.29, 0.717) is 11.3 Å². The highest BCUT2D eigenvalue weighted by molar-refractivity contribution is 7.92. The molecule has 4 rings (SSSR count). The lowest BCUT2D eigenvalue weighted by Gasteiger charge is -2.10. The summed E-state index contributed by atoms with van der Waals surface area (Å²) in [6, 6.07) is 20.7. The Bertz CT molecular complexity index is 1390. The molecule has 3 aromatic carbocycles. The Morgan fingerprint density at radius 2 is 1.65 bits per heavy atom. The second-order valence-corrected chi connectivity index (χ2v) is 8.16. The molecule has 0 aliphatic carbocycles. The molecular formula is C21H16N4O5S. The number of hydrogen-bond donors (Lipinski definition) is 3. The summed E-state index contributed by atoms with van der Waals surface area (Å²) in [4.78, 5) is 26.4. The van der Waals surface area contributed by atoms with Crippen LogP contribution in [-0.2, 0) is 10.0 Å². The minimum Gasteiger partial charge on any atom is -0.322 e. The molecule has 0 saturated carbocycles. The van der Waals surface area contributed by atoms with Crippen molar-refractivity contribution in [2.24, 2.45) is 0 Å². The third-order valence-electron chi connectivity index (χ3n) is 4.26. The fourth-order valence-corrected chi connectivity index (χ4v) is 3.91. The molecule has 0 fully saturated rings. The van der Waals surface area contributed by atoms with Gasteiger partial charge in [-0.15, -0.1) is 0 Å². The monoisotopic (exact) mass is 436 g/mol. The van der Waals surface area contributed by atoms with Crippen LogP contribution in [0.3, 0.4) is 0 Å². The lowest BCUT2D eigenvalue weighted by atomic mass is 10.1. The van der Waals surface area contributed by atoms with Gasteiger partial charge in [-0.05, 0) is 42.5 Å². The van der Waals surface area contributed by atoms with Crippen molar-refractivity contribution in [1.82, 2.24) is 10.1 Å². The molecule has 10 heteroatoms. The minimum absolute atomic E-state index is 0.118. The largest absolute Gasteiger partial charge is 0.439 e. The SMILES string of the molecule is O=C(Nc1cccc(-c2noc(=O)[nH]2)c1)c1cccc(NS(=O)(=O)c2ccccc2)c1. The van der Waals surface area contributed by atoms with E-state index in [1.54, 1.807) is 60.7 Å². The molecule has 1 heterocycles. The summed E-state index contributed by atoms with van der Waals surface area (Å²) in [5, 5.41) is 6.34. The standard InChI is InChI=1S/C21H16N4O5S/c26-20(22-16-8-4-6-14(12-16)19-23-21(27)30-24-19)15-7-5-9-17(13-15)25-31(28,29)18-10-2-1-3-11-18/h1-13,25H,(H,22,26)(H,23,24,27). The summed E-state index contributed by atoms with van der Waals surface area (Å²) < 4.78 is 32.0. The number of sulfonamides is 1. The Kier molecular flexibility index (Phi) is 5.37. The van der Waals surface area contributed by atoms with Gasteiger partial charge in [0.1, 0.15) is 0 Å². The van der Waals surface area contributed by atoms with E-state index in [1.807, 2.05) is 0 Å². The minimum atomic E-state index is -3.78. The maximum atomic E-state index is 12.7. The van der Waals surface area contributed by atoms with Crippen molar-refractivity contribution in [3.05, 3.63) is 95.0 Å². The van der Waals surface area contributed by atoms with E-state index >= 15 is 0 Å². The van der Waals surface area contributed by atoms with Crippen molar-refractivity contribution in [3.8, 4) is 11.4 Å². The molecule has 0 bridgehead atoms. The van der Waals surface area contributed by atoms with E-state index in [2.05, 4.69) is 24.7 Å². The third-order valence-corrected chi connectivity index (χ3v) is 5.66. The van der Waals surface area contributed by atoms with Gasteiger partial charge >= 0.3 is 5.76 Å². The fraction of sp³-hybridized carbons (Fsp3) is 0. The van der Waals surface area contributed by atoms with Gasteiger partial charge in [0.15, 0.2) is 5.82 Å². The second kappa shape index (κ2) is 8.28. The number of aromatic nitrogens is 2. The van der Waals surface area contributed by atoms with E-state index < -0.39 is 21.7 Å². The lowest BCUT2D eigenvalue weighted by Crippen LogP contribution is -2.15. The van der Waals surface area contributed by atoms with Crippen molar-refractivity contribution >= 4 is 27.3 Å². The predicted octanol–water partition coefficient (Wildman–Crippen LogP) is 3.08. The molecule has 0 spiro atoms. The Balaban J connectivity index is 1.52. The molecule has 156 valence electrons. The molecule has 0 unspecified atom stereocenters. The van der Waals surface area contributed by atoms with E-state index in [1.165, 1.54) is 18.2 Å². The number of nitrogens with one attached hydrogen (secondary N) is 3. The van der Waals surface area contributed by atoms with E-state index in [0.717, 1.165) is 0 Å². The molecule has 0 aliphatic rings. The molecule has 1 aromatic heterocycles. The number of aromatic amines is 1. The van der Waals surface area contributed by atoms with E-state index in [4.69, 9.17) is 0 Å². The van der Waals surface area contributed by atoms with Crippen LogP contribution >= 0.6 is 0 Å². The average molecular weight is 436 g/mol. The Morgan fingerprint density at radius 3 is 2.39 bits per heavy atom. The molecule has 0 aliphatic heterocycles. The number of anilines is 2. The topological polar surface area (TPSA) is 134 Å². The van der Waals surface area contributed by atoms with Crippen LogP contribution in [0, 0.1) is 0 Å². The Morgan fingerprint density at radius 1 is 0.903 bits per heavy atom. The fourth-order valence-electron chi connectivity index (χ4n) is 2.84. The molecule has 1 amide bonds. The highest BCUT2D eigenvalue weighted by Crippen LogP contribution is 2.21. The number of hydrogen-bond acceptors (Lipinski definition) is 6. The highest BCUT2D eigenvalue weighted by Gasteiger charge is 2.15. The first-order chi connectivity index (χ1) is 14.9. The molecule has 0 atom stereocenters. The number of rotatable bonds is 6. The first kappa shape index (κ1) is 20.1. The van der Waals surface area contributed by atoms with Crippen LogP contribution in [0.2, 0.25) is 0 Å². The molecule has 4 aromatic rings. The zero-order valence-corrected chi connectivity index (χ0v) is 16.7. The highest BCUT2D eigenvalue weighted by atomic mass is 32.2. The zero-order valence-electron chi connectivity index (χ0n) is 15.9. The number of amides is 1. The van der Waals surface area contributed by atoms with Crippen LogP contribution in [-0.4, -0.2) is 24.5 Å². The van der Waals surface area contributed by atoms with Gasteiger partial charge < -0.3 is 5.32 Å². The summed E-state index contributed by atoms with van der Waals surface area (Å²) in [7, 11) is -3.78. The number of benzene rings is 3. The molecule has 3 N–H and O–H groups in total. The zero-order chi connectivity index (χ0) is 21.8. The molecule has 0 saturated heterocycles. The maximum absolute atomic E-state index is 12.7. The summed E-state index contributed by atoms with van der Waals surface area (Å²) >= 11 is 0. The summed E-state index contributed by atoms with van der Waals surface area (Å²) in [5.74, 6) is -0.885. The summed E-state index contributed by atoms with van der Waals surface area (Å²) in [6.07, 6.45) is 0. The first-order valence-corrected chi connectivity index (χ1v) is 10.5. The normalized spacial score (nSPS) is 11.1. The number of nitrogens with zero attached hydrogens (tertiary/aromatic N) is 1. The van der Waals surface area contributed by atoms with Crippen molar-refractivity contribution in [2.75, 3.05) is 10.0 Å². The van der Waals surface area contributed by atoms with Crippen molar-refractivity contribution in [2.45, 2.75) is 4.90 Å². The van der Waals surface area contributed by atoms with Crippen molar-refractivity contribution in [1.29, 1.82) is 0 Å². The van der Waals surface area contributed by atoms with Crippen molar-refractivity contribution in [3.63, 3.8) is 0 Å².